The van der Waals surface area contributed by atoms with E-state index in [1.54, 1.807) is 11.8 Å². The second-order valence-electron chi connectivity index (χ2n) is 5.10. The van der Waals surface area contributed by atoms with Crippen molar-refractivity contribution in [2.45, 2.75) is 30.4 Å². The standard InChI is InChI=1S/C13H17N3O2S/c1-13(2,3)19-8-5-6-9-10(7-8)15-11(14-9)16-12(17)18-4/h5-7H,1-4H3,(H2,14,15,16,17). The van der Waals surface area contributed by atoms with Crippen molar-refractivity contribution in [1.82, 2.24) is 9.97 Å². The lowest BCUT2D eigenvalue weighted by atomic mass is 10.3. The van der Waals surface area contributed by atoms with E-state index in [1.807, 2.05) is 18.2 Å². The number of methoxy groups -OCH3 is 1. The first-order valence-corrected chi connectivity index (χ1v) is 6.73. The molecule has 0 aliphatic carbocycles. The van der Waals surface area contributed by atoms with Gasteiger partial charge in [0.15, 0.2) is 0 Å². The molecule has 1 aromatic heterocycles. The highest BCUT2D eigenvalue weighted by Gasteiger charge is 2.13. The Hall–Kier alpha value is -1.69. The fourth-order valence-corrected chi connectivity index (χ4v) is 2.63. The third-order valence-corrected chi connectivity index (χ3v) is 3.39. The zero-order valence-corrected chi connectivity index (χ0v) is 12.2. The van der Waals surface area contributed by atoms with Crippen LogP contribution < -0.4 is 5.32 Å². The number of H-pyrrole nitrogens is 1. The van der Waals surface area contributed by atoms with Gasteiger partial charge in [0.05, 0.1) is 18.1 Å². The summed E-state index contributed by atoms with van der Waals surface area (Å²) in [7, 11) is 1.32. The number of fused-ring (bicyclic) bond motifs is 1. The highest BCUT2D eigenvalue weighted by molar-refractivity contribution is 8.00. The van der Waals surface area contributed by atoms with Gasteiger partial charge in [0.1, 0.15) is 0 Å². The molecule has 1 amide bonds. The molecule has 0 aliphatic heterocycles. The Morgan fingerprint density at radius 3 is 2.79 bits per heavy atom. The van der Waals surface area contributed by atoms with Crippen LogP contribution in [0.2, 0.25) is 0 Å². The number of carbonyl (C=O) groups is 1. The molecule has 0 aliphatic rings. The maximum Gasteiger partial charge on any atom is 0.413 e. The molecule has 19 heavy (non-hydrogen) atoms. The monoisotopic (exact) mass is 279 g/mol. The lowest BCUT2D eigenvalue weighted by molar-refractivity contribution is 0.186. The van der Waals surface area contributed by atoms with E-state index in [1.165, 1.54) is 7.11 Å². The largest absolute Gasteiger partial charge is 0.453 e. The van der Waals surface area contributed by atoms with Gasteiger partial charge in [0.2, 0.25) is 5.95 Å². The molecule has 0 unspecified atom stereocenters. The number of thioether (sulfide) groups is 1. The minimum atomic E-state index is -0.539. The van der Waals surface area contributed by atoms with Gasteiger partial charge in [-0.3, -0.25) is 5.32 Å². The number of hydrogen-bond donors (Lipinski definition) is 2. The molecule has 6 heteroatoms. The number of hydrogen-bond acceptors (Lipinski definition) is 4. The third-order valence-electron chi connectivity index (χ3n) is 2.28. The van der Waals surface area contributed by atoms with Crippen molar-refractivity contribution in [3.05, 3.63) is 18.2 Å². The van der Waals surface area contributed by atoms with Gasteiger partial charge >= 0.3 is 6.09 Å². The Kier molecular flexibility index (Phi) is 3.71. The average molecular weight is 279 g/mol. The van der Waals surface area contributed by atoms with Crippen LogP contribution in [0.1, 0.15) is 20.8 Å². The van der Waals surface area contributed by atoms with Gasteiger partial charge in [-0.25, -0.2) is 9.78 Å². The number of imidazole rings is 1. The predicted molar refractivity (Wildman–Crippen MR) is 77.7 cm³/mol. The first kappa shape index (κ1) is 13.7. The summed E-state index contributed by atoms with van der Waals surface area (Å²) in [4.78, 5) is 19.6. The smallest absolute Gasteiger partial charge is 0.413 e. The summed E-state index contributed by atoms with van der Waals surface area (Å²) in [6, 6.07) is 5.99. The highest BCUT2D eigenvalue weighted by Crippen LogP contribution is 2.33. The third kappa shape index (κ3) is 3.64. The molecule has 0 spiro atoms. The van der Waals surface area contributed by atoms with E-state index in [-0.39, 0.29) is 4.75 Å². The van der Waals surface area contributed by atoms with Crippen LogP contribution in [0, 0.1) is 0 Å². The van der Waals surface area contributed by atoms with Crippen molar-refractivity contribution in [3.8, 4) is 0 Å². The van der Waals surface area contributed by atoms with E-state index in [4.69, 9.17) is 0 Å². The van der Waals surface area contributed by atoms with Crippen LogP contribution in [0.4, 0.5) is 10.7 Å². The van der Waals surface area contributed by atoms with Crippen LogP contribution >= 0.6 is 11.8 Å². The number of anilines is 1. The molecule has 1 heterocycles. The highest BCUT2D eigenvalue weighted by atomic mass is 32.2. The van der Waals surface area contributed by atoms with Gasteiger partial charge in [-0.15, -0.1) is 11.8 Å². The second kappa shape index (κ2) is 5.13. The Morgan fingerprint density at radius 2 is 2.16 bits per heavy atom. The summed E-state index contributed by atoms with van der Waals surface area (Å²) in [5.41, 5.74) is 1.70. The number of nitrogens with zero attached hydrogens (tertiary/aromatic N) is 1. The molecule has 0 saturated carbocycles. The number of aromatic nitrogens is 2. The fraction of sp³-hybridized carbons (Fsp3) is 0.385. The number of ether oxygens (including phenoxy) is 1. The number of benzene rings is 1. The average Bonchev–Trinajstić information content (AvgIpc) is 2.68. The molecule has 0 saturated heterocycles. The molecule has 2 N–H and O–H groups in total. The van der Waals surface area contributed by atoms with Gasteiger partial charge < -0.3 is 9.72 Å². The van der Waals surface area contributed by atoms with Gasteiger partial charge in [-0.2, -0.15) is 0 Å². The number of rotatable bonds is 2. The molecule has 1 aromatic carbocycles. The Labute approximate surface area is 116 Å². The zero-order chi connectivity index (χ0) is 14.0. The van der Waals surface area contributed by atoms with E-state index in [0.29, 0.717) is 5.95 Å². The summed E-state index contributed by atoms with van der Waals surface area (Å²) < 4.78 is 4.68. The van der Waals surface area contributed by atoms with E-state index >= 15 is 0 Å². The number of carbonyl (C=O) groups excluding carboxylic acids is 1. The van der Waals surface area contributed by atoms with Crippen LogP contribution in [0.15, 0.2) is 23.1 Å². The lowest BCUT2D eigenvalue weighted by Crippen LogP contribution is -2.11. The van der Waals surface area contributed by atoms with Gasteiger partial charge in [0, 0.05) is 9.64 Å². The van der Waals surface area contributed by atoms with Gasteiger partial charge in [0.25, 0.3) is 0 Å². The minimum Gasteiger partial charge on any atom is -0.453 e. The van der Waals surface area contributed by atoms with Crippen molar-refractivity contribution in [1.29, 1.82) is 0 Å². The van der Waals surface area contributed by atoms with Crippen LogP contribution in [0.3, 0.4) is 0 Å². The van der Waals surface area contributed by atoms with Crippen molar-refractivity contribution in [2.24, 2.45) is 0 Å². The Bertz CT molecular complexity index is 601. The first-order valence-electron chi connectivity index (χ1n) is 5.91. The first-order chi connectivity index (χ1) is 8.87. The normalized spacial score (nSPS) is 11.6. The van der Waals surface area contributed by atoms with Gasteiger partial charge in [-0.1, -0.05) is 20.8 Å². The number of amides is 1. The second-order valence-corrected chi connectivity index (χ2v) is 7.00. The quantitative estimate of drug-likeness (QED) is 0.824. The molecule has 2 rings (SSSR count). The molecule has 0 atom stereocenters. The summed E-state index contributed by atoms with van der Waals surface area (Å²) in [6.45, 7) is 6.50. The van der Waals surface area contributed by atoms with E-state index in [0.717, 1.165) is 15.9 Å². The molecule has 102 valence electrons. The van der Waals surface area contributed by atoms with Crippen LogP contribution in [-0.4, -0.2) is 27.9 Å². The fourth-order valence-electron chi connectivity index (χ4n) is 1.61. The summed E-state index contributed by atoms with van der Waals surface area (Å²) in [6.07, 6.45) is -0.539. The van der Waals surface area contributed by atoms with Crippen molar-refractivity contribution >= 4 is 34.8 Å². The maximum atomic E-state index is 11.1. The van der Waals surface area contributed by atoms with Crippen molar-refractivity contribution < 1.29 is 9.53 Å². The maximum absolute atomic E-state index is 11.1. The molecular formula is C13H17N3O2S. The molecule has 5 nitrogen and oxygen atoms in total. The lowest BCUT2D eigenvalue weighted by Gasteiger charge is -2.17. The molecule has 0 bridgehead atoms. The molecule has 2 aromatic rings. The van der Waals surface area contributed by atoms with E-state index in [2.05, 4.69) is 40.8 Å². The molecular weight excluding hydrogens is 262 g/mol. The van der Waals surface area contributed by atoms with Gasteiger partial charge in [-0.05, 0) is 18.2 Å². The SMILES string of the molecule is COC(=O)Nc1nc2ccc(SC(C)(C)C)cc2[nH]1. The zero-order valence-electron chi connectivity index (χ0n) is 11.4. The summed E-state index contributed by atoms with van der Waals surface area (Å²) in [5, 5.41) is 2.51. The van der Waals surface area contributed by atoms with E-state index in [9.17, 15) is 4.79 Å². The van der Waals surface area contributed by atoms with Crippen LogP contribution in [0.25, 0.3) is 11.0 Å². The van der Waals surface area contributed by atoms with Crippen molar-refractivity contribution in [2.75, 3.05) is 12.4 Å². The van der Waals surface area contributed by atoms with Crippen molar-refractivity contribution in [3.63, 3.8) is 0 Å². The molecule has 0 fully saturated rings. The molecule has 0 radical (unpaired) electrons. The Balaban J connectivity index is 2.26. The van der Waals surface area contributed by atoms with Crippen LogP contribution in [0.5, 0.6) is 0 Å². The number of nitrogens with one attached hydrogen (secondary N) is 2. The number of aromatic amines is 1. The topological polar surface area (TPSA) is 67.0 Å². The summed E-state index contributed by atoms with van der Waals surface area (Å²) in [5.74, 6) is 0.389. The minimum absolute atomic E-state index is 0.154. The van der Waals surface area contributed by atoms with Crippen LogP contribution in [-0.2, 0) is 4.74 Å². The predicted octanol–water partition coefficient (Wildman–Crippen LogP) is 3.63. The van der Waals surface area contributed by atoms with E-state index < -0.39 is 6.09 Å². The Morgan fingerprint density at radius 1 is 1.42 bits per heavy atom. The summed E-state index contributed by atoms with van der Waals surface area (Å²) >= 11 is 1.78.